The minimum Gasteiger partial charge on any atom is -0.354 e. The van der Waals surface area contributed by atoms with Crippen LogP contribution in [0.4, 0.5) is 11.9 Å². The van der Waals surface area contributed by atoms with Crippen molar-refractivity contribution in [2.24, 2.45) is 0 Å². The zero-order chi connectivity index (χ0) is 14.7. The molecular weight excluding hydrogens is 306 g/mol. The third kappa shape index (κ3) is 3.27. The van der Waals surface area contributed by atoms with Gasteiger partial charge >= 0.3 is 0 Å². The van der Waals surface area contributed by atoms with Crippen molar-refractivity contribution in [3.05, 3.63) is 16.5 Å². The van der Waals surface area contributed by atoms with Gasteiger partial charge in [0, 0.05) is 19.6 Å². The van der Waals surface area contributed by atoms with Gasteiger partial charge in [-0.3, -0.25) is 0 Å². The highest BCUT2D eigenvalue weighted by molar-refractivity contribution is 7.14. The highest BCUT2D eigenvalue weighted by Gasteiger charge is 2.19. The third-order valence-electron chi connectivity index (χ3n) is 3.37. The summed E-state index contributed by atoms with van der Waals surface area (Å²) in [5, 5.41) is 5.90. The van der Waals surface area contributed by atoms with E-state index in [1.54, 1.807) is 11.3 Å². The zero-order valence-corrected chi connectivity index (χ0v) is 13.5. The van der Waals surface area contributed by atoms with Crippen molar-refractivity contribution in [1.82, 2.24) is 15.0 Å². The third-order valence-corrected chi connectivity index (χ3v) is 4.70. The fraction of sp³-hybridized carbons (Fsp3) is 0.500. The first-order valence-corrected chi connectivity index (χ1v) is 8.52. The lowest BCUT2D eigenvalue weighted by Gasteiger charge is -2.16. The van der Waals surface area contributed by atoms with Gasteiger partial charge in [-0.25, -0.2) is 0 Å². The molecule has 1 fully saturated rings. The van der Waals surface area contributed by atoms with E-state index in [-0.39, 0.29) is 0 Å². The van der Waals surface area contributed by atoms with E-state index in [9.17, 15) is 0 Å². The lowest BCUT2D eigenvalue weighted by Crippen LogP contribution is -2.22. The van der Waals surface area contributed by atoms with E-state index in [2.05, 4.69) is 32.1 Å². The van der Waals surface area contributed by atoms with Gasteiger partial charge in [0.25, 0.3) is 0 Å². The number of halogens is 1. The van der Waals surface area contributed by atoms with Crippen LogP contribution in [0.1, 0.15) is 26.2 Å². The quantitative estimate of drug-likeness (QED) is 0.909. The minimum absolute atomic E-state index is 0.633. The van der Waals surface area contributed by atoms with Crippen LogP contribution in [0.15, 0.2) is 11.4 Å². The molecule has 0 amide bonds. The molecule has 3 heterocycles. The number of hydrogen-bond acceptors (Lipinski definition) is 6. The molecule has 0 spiro atoms. The Kier molecular flexibility index (Phi) is 4.55. The number of rotatable bonds is 5. The molecule has 0 aromatic carbocycles. The number of thiophene rings is 1. The molecule has 0 bridgehead atoms. The molecule has 1 N–H and O–H groups in total. The SMILES string of the molecule is CCCNc1nc(-c2sccc2Cl)nc(N2CCCC2)n1. The zero-order valence-electron chi connectivity index (χ0n) is 12.0. The van der Waals surface area contributed by atoms with E-state index in [0.717, 1.165) is 36.9 Å². The van der Waals surface area contributed by atoms with Gasteiger partial charge < -0.3 is 10.2 Å². The van der Waals surface area contributed by atoms with Crippen LogP contribution < -0.4 is 10.2 Å². The number of anilines is 2. The van der Waals surface area contributed by atoms with Crippen molar-refractivity contribution in [2.75, 3.05) is 29.9 Å². The van der Waals surface area contributed by atoms with Gasteiger partial charge in [0.2, 0.25) is 11.9 Å². The van der Waals surface area contributed by atoms with Crippen LogP contribution in [-0.2, 0) is 0 Å². The molecule has 0 unspecified atom stereocenters. The van der Waals surface area contributed by atoms with Crippen LogP contribution in [-0.4, -0.2) is 34.6 Å². The lowest BCUT2D eigenvalue weighted by atomic mass is 10.4. The fourth-order valence-electron chi connectivity index (χ4n) is 2.29. The normalized spacial score (nSPS) is 14.7. The highest BCUT2D eigenvalue weighted by Crippen LogP contribution is 2.32. The van der Waals surface area contributed by atoms with Gasteiger partial charge in [-0.15, -0.1) is 11.3 Å². The molecule has 0 saturated carbocycles. The monoisotopic (exact) mass is 323 g/mol. The second-order valence-corrected chi connectivity index (χ2v) is 6.32. The summed E-state index contributed by atoms with van der Waals surface area (Å²) in [5.74, 6) is 2.04. The van der Waals surface area contributed by atoms with Gasteiger partial charge in [0.05, 0.1) is 9.90 Å². The molecule has 3 rings (SSSR count). The average molecular weight is 324 g/mol. The molecule has 21 heavy (non-hydrogen) atoms. The van der Waals surface area contributed by atoms with E-state index in [0.29, 0.717) is 16.8 Å². The molecule has 0 atom stereocenters. The standard InChI is InChI=1S/C14H18ClN5S/c1-2-6-16-13-17-12(11-10(15)5-9-21-11)18-14(19-13)20-7-3-4-8-20/h5,9H,2-4,6-8H2,1H3,(H,16,17,18,19). The summed E-state index contributed by atoms with van der Waals surface area (Å²) in [7, 11) is 0. The first-order chi connectivity index (χ1) is 10.3. The van der Waals surface area contributed by atoms with Crippen molar-refractivity contribution >= 4 is 34.8 Å². The number of aromatic nitrogens is 3. The van der Waals surface area contributed by atoms with Crippen LogP contribution in [0.3, 0.4) is 0 Å². The Morgan fingerprint density at radius 1 is 1.29 bits per heavy atom. The van der Waals surface area contributed by atoms with Crippen molar-refractivity contribution in [1.29, 1.82) is 0 Å². The van der Waals surface area contributed by atoms with Crippen molar-refractivity contribution in [3.8, 4) is 10.7 Å². The van der Waals surface area contributed by atoms with E-state index >= 15 is 0 Å². The van der Waals surface area contributed by atoms with E-state index in [4.69, 9.17) is 11.6 Å². The second kappa shape index (κ2) is 6.58. The van der Waals surface area contributed by atoms with Gasteiger partial charge in [-0.1, -0.05) is 18.5 Å². The van der Waals surface area contributed by atoms with E-state index < -0.39 is 0 Å². The van der Waals surface area contributed by atoms with Crippen molar-refractivity contribution in [3.63, 3.8) is 0 Å². The summed E-state index contributed by atoms with van der Waals surface area (Å²) in [4.78, 5) is 16.8. The van der Waals surface area contributed by atoms with Crippen LogP contribution in [0.25, 0.3) is 10.7 Å². The van der Waals surface area contributed by atoms with Crippen molar-refractivity contribution in [2.45, 2.75) is 26.2 Å². The van der Waals surface area contributed by atoms with Crippen LogP contribution in [0, 0.1) is 0 Å². The molecule has 7 heteroatoms. The molecule has 2 aromatic rings. The predicted molar refractivity (Wildman–Crippen MR) is 88.4 cm³/mol. The Balaban J connectivity index is 1.98. The maximum atomic E-state index is 6.22. The summed E-state index contributed by atoms with van der Waals surface area (Å²) in [5.41, 5.74) is 0. The van der Waals surface area contributed by atoms with Crippen LogP contribution in [0.2, 0.25) is 5.02 Å². The second-order valence-electron chi connectivity index (χ2n) is 5.00. The Hall–Kier alpha value is -1.40. The van der Waals surface area contributed by atoms with Gasteiger partial charge in [0.1, 0.15) is 0 Å². The molecule has 112 valence electrons. The Bertz CT molecular complexity index is 609. The number of nitrogens with zero attached hydrogens (tertiary/aromatic N) is 4. The first kappa shape index (κ1) is 14.5. The maximum absolute atomic E-state index is 6.22. The average Bonchev–Trinajstić information content (AvgIpc) is 3.16. The summed E-state index contributed by atoms with van der Waals surface area (Å²) >= 11 is 7.77. The smallest absolute Gasteiger partial charge is 0.230 e. The molecule has 1 saturated heterocycles. The Morgan fingerprint density at radius 3 is 2.76 bits per heavy atom. The fourth-order valence-corrected chi connectivity index (χ4v) is 3.37. The van der Waals surface area contributed by atoms with Crippen LogP contribution in [0.5, 0.6) is 0 Å². The number of nitrogens with one attached hydrogen (secondary N) is 1. The molecule has 1 aliphatic heterocycles. The van der Waals surface area contributed by atoms with E-state index in [1.807, 2.05) is 11.4 Å². The van der Waals surface area contributed by atoms with Gasteiger partial charge in [0.15, 0.2) is 5.82 Å². The minimum atomic E-state index is 0.633. The molecule has 0 radical (unpaired) electrons. The summed E-state index contributed by atoms with van der Waals surface area (Å²) in [6.07, 6.45) is 3.41. The molecule has 2 aromatic heterocycles. The van der Waals surface area contributed by atoms with Crippen molar-refractivity contribution < 1.29 is 0 Å². The van der Waals surface area contributed by atoms with E-state index in [1.165, 1.54) is 12.8 Å². The lowest BCUT2D eigenvalue weighted by molar-refractivity contribution is 0.874. The van der Waals surface area contributed by atoms with Crippen LogP contribution >= 0.6 is 22.9 Å². The largest absolute Gasteiger partial charge is 0.354 e. The molecule has 0 aliphatic carbocycles. The van der Waals surface area contributed by atoms with Gasteiger partial charge in [-0.05, 0) is 30.7 Å². The Morgan fingerprint density at radius 2 is 2.10 bits per heavy atom. The number of hydrogen-bond donors (Lipinski definition) is 1. The summed E-state index contributed by atoms with van der Waals surface area (Å²) < 4.78 is 0. The first-order valence-electron chi connectivity index (χ1n) is 7.26. The highest BCUT2D eigenvalue weighted by atomic mass is 35.5. The molecule has 5 nitrogen and oxygen atoms in total. The Labute approximate surface area is 133 Å². The molecular formula is C14H18ClN5S. The summed E-state index contributed by atoms with van der Waals surface area (Å²) in [6, 6.07) is 1.88. The summed E-state index contributed by atoms with van der Waals surface area (Å²) in [6.45, 7) is 4.98. The maximum Gasteiger partial charge on any atom is 0.230 e. The topological polar surface area (TPSA) is 53.9 Å². The van der Waals surface area contributed by atoms with Gasteiger partial charge in [-0.2, -0.15) is 15.0 Å². The predicted octanol–water partition coefficient (Wildman–Crippen LogP) is 3.68. The molecule has 1 aliphatic rings.